The summed E-state index contributed by atoms with van der Waals surface area (Å²) < 4.78 is 12.8. The van der Waals surface area contributed by atoms with Crippen LogP contribution in [-0.4, -0.2) is 37.6 Å². The lowest BCUT2D eigenvalue weighted by Gasteiger charge is -2.16. The van der Waals surface area contributed by atoms with Crippen molar-refractivity contribution >= 4 is 0 Å². The monoisotopic (exact) mass is 250 g/mol. The maximum Gasteiger partial charge on any atom is 0.123 e. The van der Waals surface area contributed by atoms with Crippen LogP contribution in [0.5, 0.6) is 0 Å². The van der Waals surface area contributed by atoms with Crippen LogP contribution < -0.4 is 5.32 Å². The van der Waals surface area contributed by atoms with Gasteiger partial charge in [0.05, 0.1) is 0 Å². The third-order valence-electron chi connectivity index (χ3n) is 3.71. The molecule has 1 atom stereocenters. The Morgan fingerprint density at radius 1 is 1.22 bits per heavy atom. The smallest absolute Gasteiger partial charge is 0.123 e. The van der Waals surface area contributed by atoms with Crippen LogP contribution in [0.25, 0.3) is 0 Å². The molecule has 1 aliphatic rings. The molecule has 1 saturated heterocycles. The molecule has 0 radical (unpaired) electrons. The Labute approximate surface area is 109 Å². The van der Waals surface area contributed by atoms with Gasteiger partial charge in [-0.3, -0.25) is 0 Å². The third kappa shape index (κ3) is 4.39. The molecule has 1 N–H and O–H groups in total. The molecule has 2 rings (SSSR count). The molecule has 0 spiro atoms. The summed E-state index contributed by atoms with van der Waals surface area (Å²) in [6.07, 6.45) is 4.77. The van der Waals surface area contributed by atoms with Gasteiger partial charge >= 0.3 is 0 Å². The molecule has 1 aliphatic heterocycles. The van der Waals surface area contributed by atoms with Crippen molar-refractivity contribution in [3.63, 3.8) is 0 Å². The van der Waals surface area contributed by atoms with E-state index in [1.54, 1.807) is 0 Å². The fourth-order valence-corrected chi connectivity index (χ4v) is 2.52. The van der Waals surface area contributed by atoms with Crippen LogP contribution in [0.1, 0.15) is 24.8 Å². The number of nitrogens with one attached hydrogen (secondary N) is 1. The highest BCUT2D eigenvalue weighted by Crippen LogP contribution is 2.10. The molecular formula is C15H23FN2. The van der Waals surface area contributed by atoms with Gasteiger partial charge in [0.1, 0.15) is 5.82 Å². The van der Waals surface area contributed by atoms with E-state index < -0.39 is 0 Å². The molecule has 1 aromatic carbocycles. The van der Waals surface area contributed by atoms with Gasteiger partial charge in [-0.2, -0.15) is 0 Å². The quantitative estimate of drug-likeness (QED) is 0.883. The zero-order valence-corrected chi connectivity index (χ0v) is 11.2. The molecule has 1 heterocycles. The van der Waals surface area contributed by atoms with Gasteiger partial charge in [0, 0.05) is 6.04 Å². The minimum Gasteiger partial charge on any atom is -0.314 e. The average molecular weight is 250 g/mol. The highest BCUT2D eigenvalue weighted by Gasteiger charge is 2.13. The lowest BCUT2D eigenvalue weighted by Crippen LogP contribution is -2.31. The van der Waals surface area contributed by atoms with Crippen molar-refractivity contribution in [1.82, 2.24) is 10.2 Å². The van der Waals surface area contributed by atoms with Crippen molar-refractivity contribution < 1.29 is 4.39 Å². The number of hydrogen-bond acceptors (Lipinski definition) is 2. The number of nitrogens with zero attached hydrogens (tertiary/aromatic N) is 1. The molecule has 100 valence electrons. The molecule has 0 aromatic heterocycles. The molecule has 0 aliphatic carbocycles. The maximum atomic E-state index is 12.8. The predicted molar refractivity (Wildman–Crippen MR) is 73.2 cm³/mol. The maximum absolute atomic E-state index is 12.8. The Balaban J connectivity index is 1.70. The molecule has 1 aromatic rings. The molecule has 0 bridgehead atoms. The molecule has 1 unspecified atom stereocenters. The first kappa shape index (κ1) is 13.5. The van der Waals surface area contributed by atoms with Gasteiger partial charge < -0.3 is 10.2 Å². The van der Waals surface area contributed by atoms with Crippen LogP contribution in [0, 0.1) is 5.82 Å². The molecule has 2 nitrogen and oxygen atoms in total. The minimum atomic E-state index is -0.154. The van der Waals surface area contributed by atoms with Crippen molar-refractivity contribution in [3.05, 3.63) is 35.6 Å². The average Bonchev–Trinajstić information content (AvgIpc) is 2.57. The van der Waals surface area contributed by atoms with Crippen LogP contribution >= 0.6 is 0 Å². The normalized spacial score (nSPS) is 21.8. The Morgan fingerprint density at radius 2 is 2.00 bits per heavy atom. The van der Waals surface area contributed by atoms with Gasteiger partial charge in [-0.05, 0) is 70.1 Å². The predicted octanol–water partition coefficient (Wildman–Crippen LogP) is 2.44. The van der Waals surface area contributed by atoms with Gasteiger partial charge in [-0.25, -0.2) is 4.39 Å². The first-order chi connectivity index (χ1) is 8.74. The van der Waals surface area contributed by atoms with E-state index >= 15 is 0 Å². The second-order valence-electron chi connectivity index (χ2n) is 5.26. The zero-order chi connectivity index (χ0) is 12.8. The van der Waals surface area contributed by atoms with Crippen molar-refractivity contribution in [1.29, 1.82) is 0 Å². The van der Waals surface area contributed by atoms with Crippen LogP contribution in [-0.2, 0) is 6.42 Å². The van der Waals surface area contributed by atoms with Crippen LogP contribution in [0.4, 0.5) is 4.39 Å². The van der Waals surface area contributed by atoms with Crippen LogP contribution in [0.3, 0.4) is 0 Å². The van der Waals surface area contributed by atoms with E-state index in [1.807, 2.05) is 12.1 Å². The summed E-state index contributed by atoms with van der Waals surface area (Å²) in [5, 5.41) is 3.62. The summed E-state index contributed by atoms with van der Waals surface area (Å²) in [7, 11) is 2.20. The summed E-state index contributed by atoms with van der Waals surface area (Å²) in [5.41, 5.74) is 1.20. The van der Waals surface area contributed by atoms with E-state index in [9.17, 15) is 4.39 Å². The molecule has 3 heteroatoms. The van der Waals surface area contributed by atoms with E-state index in [-0.39, 0.29) is 5.82 Å². The fraction of sp³-hybridized carbons (Fsp3) is 0.600. The number of benzene rings is 1. The first-order valence-corrected chi connectivity index (χ1v) is 6.90. The largest absolute Gasteiger partial charge is 0.314 e. The lowest BCUT2D eigenvalue weighted by atomic mass is 10.1. The van der Waals surface area contributed by atoms with E-state index in [1.165, 1.54) is 50.0 Å². The van der Waals surface area contributed by atoms with Gasteiger partial charge in [0.15, 0.2) is 0 Å². The van der Waals surface area contributed by atoms with Crippen molar-refractivity contribution in [2.24, 2.45) is 0 Å². The summed E-state index contributed by atoms with van der Waals surface area (Å²) >= 11 is 0. The zero-order valence-electron chi connectivity index (χ0n) is 11.2. The van der Waals surface area contributed by atoms with E-state index in [2.05, 4.69) is 17.3 Å². The summed E-state index contributed by atoms with van der Waals surface area (Å²) in [6, 6.07) is 7.47. The van der Waals surface area contributed by atoms with Gasteiger partial charge in [-0.1, -0.05) is 12.1 Å². The summed E-state index contributed by atoms with van der Waals surface area (Å²) in [5.74, 6) is -0.154. The Morgan fingerprint density at radius 3 is 2.78 bits per heavy atom. The lowest BCUT2D eigenvalue weighted by molar-refractivity contribution is 0.344. The van der Waals surface area contributed by atoms with Gasteiger partial charge in [0.25, 0.3) is 0 Å². The number of halogens is 1. The molecule has 1 fully saturated rings. The first-order valence-electron chi connectivity index (χ1n) is 6.90. The van der Waals surface area contributed by atoms with Crippen LogP contribution in [0.15, 0.2) is 24.3 Å². The standard InChI is InChI=1S/C15H23FN2/c1-18-11-2-3-15(9-12-18)17-10-8-13-4-6-14(16)7-5-13/h4-7,15,17H,2-3,8-12H2,1H3. The van der Waals surface area contributed by atoms with Crippen LogP contribution in [0.2, 0.25) is 0 Å². The number of likely N-dealkylation sites (tertiary alicyclic amines) is 1. The molecule has 0 saturated carbocycles. The number of rotatable bonds is 4. The number of hydrogen-bond donors (Lipinski definition) is 1. The summed E-state index contributed by atoms with van der Waals surface area (Å²) in [6.45, 7) is 3.39. The topological polar surface area (TPSA) is 15.3 Å². The van der Waals surface area contributed by atoms with Gasteiger partial charge in [0.2, 0.25) is 0 Å². The van der Waals surface area contributed by atoms with Crippen molar-refractivity contribution in [3.8, 4) is 0 Å². The van der Waals surface area contributed by atoms with E-state index in [0.29, 0.717) is 6.04 Å². The highest BCUT2D eigenvalue weighted by atomic mass is 19.1. The molecule has 18 heavy (non-hydrogen) atoms. The van der Waals surface area contributed by atoms with Gasteiger partial charge in [-0.15, -0.1) is 0 Å². The van der Waals surface area contributed by atoms with Crippen molar-refractivity contribution in [2.75, 3.05) is 26.7 Å². The second-order valence-corrected chi connectivity index (χ2v) is 5.26. The van der Waals surface area contributed by atoms with Crippen molar-refractivity contribution in [2.45, 2.75) is 31.7 Å². The SMILES string of the molecule is CN1CCCC(NCCc2ccc(F)cc2)CC1. The molecule has 0 amide bonds. The third-order valence-corrected chi connectivity index (χ3v) is 3.71. The Hall–Kier alpha value is -0.930. The highest BCUT2D eigenvalue weighted by molar-refractivity contribution is 5.16. The van der Waals surface area contributed by atoms with E-state index in [0.717, 1.165) is 13.0 Å². The molecular weight excluding hydrogens is 227 g/mol. The Kier molecular flexibility index (Phi) is 5.14. The summed E-state index contributed by atoms with van der Waals surface area (Å²) in [4.78, 5) is 2.40. The van der Waals surface area contributed by atoms with E-state index in [4.69, 9.17) is 0 Å². The minimum absolute atomic E-state index is 0.154. The Bertz CT molecular complexity index is 350. The second kappa shape index (κ2) is 6.86. The fourth-order valence-electron chi connectivity index (χ4n) is 2.52.